The van der Waals surface area contributed by atoms with Crippen LogP contribution in [0.15, 0.2) is 18.3 Å². The van der Waals surface area contributed by atoms with Crippen molar-refractivity contribution < 1.29 is 9.47 Å². The first-order chi connectivity index (χ1) is 8.31. The first-order valence-corrected chi connectivity index (χ1v) is 5.52. The Morgan fingerprint density at radius 2 is 2.24 bits per heavy atom. The zero-order valence-electron chi connectivity index (χ0n) is 9.49. The standard InChI is InChI=1S/C12H13N3O2/c1-2-7-8(9-5-14-15-12(9)13)3-4-10-11(7)17-6-16-10/h3-5H,2,6H2,1H3,(H3,13,14,15). The number of ether oxygens (including phenoxy) is 2. The SMILES string of the molecule is CCc1c(-c2cn[nH]c2N)ccc2c1OCO2. The highest BCUT2D eigenvalue weighted by molar-refractivity contribution is 5.79. The smallest absolute Gasteiger partial charge is 0.231 e. The van der Waals surface area contributed by atoms with Gasteiger partial charge in [-0.25, -0.2) is 0 Å². The third kappa shape index (κ3) is 1.43. The van der Waals surface area contributed by atoms with Crippen LogP contribution >= 0.6 is 0 Å². The van der Waals surface area contributed by atoms with Gasteiger partial charge in [-0.1, -0.05) is 6.92 Å². The first-order valence-electron chi connectivity index (χ1n) is 5.52. The number of nitrogen functional groups attached to an aromatic ring is 1. The lowest BCUT2D eigenvalue weighted by Gasteiger charge is -2.09. The number of anilines is 1. The number of hydrogen-bond donors (Lipinski definition) is 2. The number of rotatable bonds is 2. The van der Waals surface area contributed by atoms with Gasteiger partial charge in [0.2, 0.25) is 6.79 Å². The molecule has 5 nitrogen and oxygen atoms in total. The van der Waals surface area contributed by atoms with Gasteiger partial charge in [0, 0.05) is 11.1 Å². The van der Waals surface area contributed by atoms with Gasteiger partial charge in [0.05, 0.1) is 6.20 Å². The number of nitrogens with zero attached hydrogens (tertiary/aromatic N) is 1. The molecule has 1 aliphatic rings. The van der Waals surface area contributed by atoms with Crippen LogP contribution in [0, 0.1) is 0 Å². The molecule has 0 spiro atoms. The number of aromatic amines is 1. The Bertz CT molecular complexity index is 563. The lowest BCUT2D eigenvalue weighted by atomic mass is 9.98. The summed E-state index contributed by atoms with van der Waals surface area (Å²) in [6.45, 7) is 2.36. The molecule has 0 fully saturated rings. The van der Waals surface area contributed by atoms with Crippen molar-refractivity contribution in [1.82, 2.24) is 10.2 Å². The van der Waals surface area contributed by atoms with Gasteiger partial charge < -0.3 is 15.2 Å². The van der Waals surface area contributed by atoms with E-state index in [1.807, 2.05) is 12.1 Å². The number of H-pyrrole nitrogens is 1. The first kappa shape index (κ1) is 10.0. The number of hydrogen-bond acceptors (Lipinski definition) is 4. The summed E-state index contributed by atoms with van der Waals surface area (Å²) in [4.78, 5) is 0. The van der Waals surface area contributed by atoms with Crippen molar-refractivity contribution in [1.29, 1.82) is 0 Å². The summed E-state index contributed by atoms with van der Waals surface area (Å²) in [5, 5.41) is 6.69. The summed E-state index contributed by atoms with van der Waals surface area (Å²) in [5.41, 5.74) is 8.90. The molecule has 0 radical (unpaired) electrons. The molecule has 0 saturated heterocycles. The van der Waals surface area contributed by atoms with E-state index < -0.39 is 0 Å². The average molecular weight is 231 g/mol. The van der Waals surface area contributed by atoms with Crippen LogP contribution in [0.3, 0.4) is 0 Å². The molecule has 2 heterocycles. The van der Waals surface area contributed by atoms with Gasteiger partial charge in [-0.3, -0.25) is 5.10 Å². The quantitative estimate of drug-likeness (QED) is 0.828. The molecule has 1 aliphatic heterocycles. The molecule has 0 unspecified atom stereocenters. The zero-order chi connectivity index (χ0) is 11.8. The topological polar surface area (TPSA) is 73.2 Å². The van der Waals surface area contributed by atoms with Crippen molar-refractivity contribution in [2.24, 2.45) is 0 Å². The Balaban J connectivity index is 2.21. The second-order valence-corrected chi connectivity index (χ2v) is 3.88. The predicted molar refractivity (Wildman–Crippen MR) is 63.9 cm³/mol. The van der Waals surface area contributed by atoms with Crippen LogP contribution in [0.4, 0.5) is 5.82 Å². The van der Waals surface area contributed by atoms with E-state index >= 15 is 0 Å². The largest absolute Gasteiger partial charge is 0.454 e. The summed E-state index contributed by atoms with van der Waals surface area (Å²) >= 11 is 0. The molecule has 0 atom stereocenters. The fourth-order valence-electron chi connectivity index (χ4n) is 2.14. The molecule has 3 N–H and O–H groups in total. The summed E-state index contributed by atoms with van der Waals surface area (Å²) in [6.07, 6.45) is 2.58. The Morgan fingerprint density at radius 1 is 1.35 bits per heavy atom. The summed E-state index contributed by atoms with van der Waals surface area (Å²) in [6, 6.07) is 3.90. The van der Waals surface area contributed by atoms with Gasteiger partial charge in [-0.05, 0) is 24.1 Å². The highest BCUT2D eigenvalue weighted by Gasteiger charge is 2.21. The molecule has 5 heteroatoms. The minimum absolute atomic E-state index is 0.284. The van der Waals surface area contributed by atoms with Crippen LogP contribution in [0.2, 0.25) is 0 Å². The summed E-state index contributed by atoms with van der Waals surface area (Å²) in [7, 11) is 0. The second-order valence-electron chi connectivity index (χ2n) is 3.88. The van der Waals surface area contributed by atoms with E-state index in [1.54, 1.807) is 6.20 Å². The maximum Gasteiger partial charge on any atom is 0.231 e. The maximum absolute atomic E-state index is 5.85. The molecule has 0 saturated carbocycles. The third-order valence-corrected chi connectivity index (χ3v) is 2.95. The van der Waals surface area contributed by atoms with Crippen LogP contribution < -0.4 is 15.2 Å². The van der Waals surface area contributed by atoms with E-state index in [1.165, 1.54) is 0 Å². The lowest BCUT2D eigenvalue weighted by Crippen LogP contribution is -1.95. The molecule has 3 rings (SSSR count). The summed E-state index contributed by atoms with van der Waals surface area (Å²) in [5.74, 6) is 2.19. The minimum atomic E-state index is 0.284. The monoisotopic (exact) mass is 231 g/mol. The normalized spacial score (nSPS) is 13.0. The van der Waals surface area contributed by atoms with E-state index in [0.29, 0.717) is 5.82 Å². The Kier molecular flexibility index (Phi) is 2.18. The van der Waals surface area contributed by atoms with Crippen molar-refractivity contribution >= 4 is 5.82 Å². The number of nitrogens with two attached hydrogens (primary N) is 1. The lowest BCUT2D eigenvalue weighted by molar-refractivity contribution is 0.173. The van der Waals surface area contributed by atoms with Crippen molar-refractivity contribution in [3.63, 3.8) is 0 Å². The van der Waals surface area contributed by atoms with Crippen molar-refractivity contribution in [3.8, 4) is 22.6 Å². The van der Waals surface area contributed by atoms with Crippen molar-refractivity contribution in [2.75, 3.05) is 12.5 Å². The van der Waals surface area contributed by atoms with Crippen LogP contribution in [0.5, 0.6) is 11.5 Å². The van der Waals surface area contributed by atoms with Gasteiger partial charge in [0.15, 0.2) is 11.5 Å². The molecule has 88 valence electrons. The van der Waals surface area contributed by atoms with E-state index in [2.05, 4.69) is 17.1 Å². The highest BCUT2D eigenvalue weighted by atomic mass is 16.7. The number of nitrogens with one attached hydrogen (secondary N) is 1. The highest BCUT2D eigenvalue weighted by Crippen LogP contribution is 2.42. The van der Waals surface area contributed by atoms with Gasteiger partial charge in [-0.15, -0.1) is 0 Å². The number of benzene rings is 1. The van der Waals surface area contributed by atoms with Crippen LogP contribution in [0.1, 0.15) is 12.5 Å². The van der Waals surface area contributed by atoms with E-state index in [9.17, 15) is 0 Å². The molecular weight excluding hydrogens is 218 g/mol. The maximum atomic E-state index is 5.85. The van der Waals surface area contributed by atoms with Gasteiger partial charge in [0.1, 0.15) is 5.82 Å². The molecule has 1 aromatic carbocycles. The fraction of sp³-hybridized carbons (Fsp3) is 0.250. The Hall–Kier alpha value is -2.17. The number of fused-ring (bicyclic) bond motifs is 1. The molecule has 0 bridgehead atoms. The van der Waals surface area contributed by atoms with E-state index in [4.69, 9.17) is 15.2 Å². The predicted octanol–water partition coefficient (Wildman–Crippen LogP) is 1.95. The van der Waals surface area contributed by atoms with Gasteiger partial charge in [0.25, 0.3) is 0 Å². The Morgan fingerprint density at radius 3 is 2.94 bits per heavy atom. The van der Waals surface area contributed by atoms with E-state index in [0.717, 1.165) is 34.6 Å². The van der Waals surface area contributed by atoms with E-state index in [-0.39, 0.29) is 6.79 Å². The van der Waals surface area contributed by atoms with Crippen molar-refractivity contribution in [2.45, 2.75) is 13.3 Å². The molecular formula is C12H13N3O2. The number of aromatic nitrogens is 2. The van der Waals surface area contributed by atoms with Crippen LogP contribution in [-0.4, -0.2) is 17.0 Å². The fourth-order valence-corrected chi connectivity index (χ4v) is 2.14. The molecule has 2 aromatic rings. The molecule has 0 aliphatic carbocycles. The van der Waals surface area contributed by atoms with Crippen LogP contribution in [-0.2, 0) is 6.42 Å². The zero-order valence-corrected chi connectivity index (χ0v) is 9.49. The minimum Gasteiger partial charge on any atom is -0.454 e. The Labute approximate surface area is 98.5 Å². The second kappa shape index (κ2) is 3.69. The molecule has 1 aromatic heterocycles. The van der Waals surface area contributed by atoms with Gasteiger partial charge in [-0.2, -0.15) is 5.10 Å². The van der Waals surface area contributed by atoms with Gasteiger partial charge >= 0.3 is 0 Å². The van der Waals surface area contributed by atoms with Crippen LogP contribution in [0.25, 0.3) is 11.1 Å². The average Bonchev–Trinajstić information content (AvgIpc) is 2.95. The molecule has 0 amide bonds. The molecule has 17 heavy (non-hydrogen) atoms. The third-order valence-electron chi connectivity index (χ3n) is 2.95. The van der Waals surface area contributed by atoms with Crippen molar-refractivity contribution in [3.05, 3.63) is 23.9 Å². The summed E-state index contributed by atoms with van der Waals surface area (Å²) < 4.78 is 10.9.